The number of carbonyl (C=O) groups excluding carboxylic acids is 1. The van der Waals surface area contributed by atoms with Crippen molar-refractivity contribution in [3.8, 4) is 11.8 Å². The first kappa shape index (κ1) is 17.4. The second-order valence-corrected chi connectivity index (χ2v) is 6.08. The standard InChI is InChI=1S/C21H20N4O/c1-3-16-6-4-5-7-17(16)12-21(26)23-19-8-10-20(11-9-19)25-14-18(13-22)15(2)24-25/h4-11,14H,3,12H2,1-2H3,(H,23,26). The first-order valence-corrected chi connectivity index (χ1v) is 8.54. The zero-order valence-corrected chi connectivity index (χ0v) is 14.9. The van der Waals surface area contributed by atoms with Gasteiger partial charge in [0.1, 0.15) is 6.07 Å². The third kappa shape index (κ3) is 3.81. The van der Waals surface area contributed by atoms with Crippen LogP contribution in [0.1, 0.15) is 29.3 Å². The SMILES string of the molecule is CCc1ccccc1CC(=O)Nc1ccc(-n2cc(C#N)c(C)n2)cc1. The van der Waals surface area contributed by atoms with Crippen LogP contribution in [-0.2, 0) is 17.6 Å². The lowest BCUT2D eigenvalue weighted by atomic mass is 10.0. The number of aromatic nitrogens is 2. The minimum atomic E-state index is -0.0413. The predicted octanol–water partition coefficient (Wildman–Crippen LogP) is 3.80. The van der Waals surface area contributed by atoms with E-state index in [4.69, 9.17) is 5.26 Å². The Morgan fingerprint density at radius 1 is 1.15 bits per heavy atom. The highest BCUT2D eigenvalue weighted by Gasteiger charge is 2.09. The average molecular weight is 344 g/mol. The summed E-state index contributed by atoms with van der Waals surface area (Å²) in [4.78, 5) is 12.3. The lowest BCUT2D eigenvalue weighted by Gasteiger charge is -2.09. The van der Waals surface area contributed by atoms with Crippen LogP contribution in [0.3, 0.4) is 0 Å². The number of aryl methyl sites for hydroxylation is 2. The molecule has 26 heavy (non-hydrogen) atoms. The van der Waals surface area contributed by atoms with Crippen LogP contribution in [0.2, 0.25) is 0 Å². The number of benzene rings is 2. The summed E-state index contributed by atoms with van der Waals surface area (Å²) in [6, 6.07) is 17.5. The second kappa shape index (κ2) is 7.66. The Labute approximate surface area is 152 Å². The summed E-state index contributed by atoms with van der Waals surface area (Å²) in [5, 5.41) is 16.3. The number of nitrogens with one attached hydrogen (secondary N) is 1. The van der Waals surface area contributed by atoms with Crippen molar-refractivity contribution in [3.63, 3.8) is 0 Å². The predicted molar refractivity (Wildman–Crippen MR) is 101 cm³/mol. The molecule has 0 aliphatic carbocycles. The molecule has 3 aromatic rings. The zero-order valence-electron chi connectivity index (χ0n) is 14.9. The molecule has 3 rings (SSSR count). The fraction of sp³-hybridized carbons (Fsp3) is 0.190. The Morgan fingerprint density at radius 2 is 1.85 bits per heavy atom. The Bertz CT molecular complexity index is 964. The van der Waals surface area contributed by atoms with E-state index in [1.54, 1.807) is 17.8 Å². The first-order chi connectivity index (χ1) is 12.6. The van der Waals surface area contributed by atoms with Gasteiger partial charge in [-0.3, -0.25) is 4.79 Å². The van der Waals surface area contributed by atoms with E-state index in [0.717, 1.165) is 23.4 Å². The van der Waals surface area contributed by atoms with E-state index in [1.165, 1.54) is 5.56 Å². The van der Waals surface area contributed by atoms with E-state index in [2.05, 4.69) is 29.5 Å². The monoisotopic (exact) mass is 344 g/mol. The Balaban J connectivity index is 1.69. The topological polar surface area (TPSA) is 70.7 Å². The molecule has 0 radical (unpaired) electrons. The van der Waals surface area contributed by atoms with Gasteiger partial charge < -0.3 is 5.32 Å². The van der Waals surface area contributed by atoms with Gasteiger partial charge in [-0.1, -0.05) is 31.2 Å². The Hall–Kier alpha value is -3.39. The zero-order chi connectivity index (χ0) is 18.5. The summed E-state index contributed by atoms with van der Waals surface area (Å²) >= 11 is 0. The van der Waals surface area contributed by atoms with Gasteiger partial charge in [-0.2, -0.15) is 10.4 Å². The molecule has 0 unspecified atom stereocenters. The summed E-state index contributed by atoms with van der Waals surface area (Å²) < 4.78 is 1.66. The van der Waals surface area contributed by atoms with Gasteiger partial charge in [-0.25, -0.2) is 4.68 Å². The summed E-state index contributed by atoms with van der Waals surface area (Å²) in [7, 11) is 0. The second-order valence-electron chi connectivity index (χ2n) is 6.08. The minimum absolute atomic E-state index is 0.0413. The number of nitrogens with zero attached hydrogens (tertiary/aromatic N) is 3. The number of anilines is 1. The largest absolute Gasteiger partial charge is 0.326 e. The molecule has 130 valence electrons. The van der Waals surface area contributed by atoms with E-state index < -0.39 is 0 Å². The van der Waals surface area contributed by atoms with Gasteiger partial charge in [0.05, 0.1) is 23.4 Å². The van der Waals surface area contributed by atoms with Crippen LogP contribution in [-0.4, -0.2) is 15.7 Å². The number of hydrogen-bond donors (Lipinski definition) is 1. The first-order valence-electron chi connectivity index (χ1n) is 8.54. The molecular formula is C21H20N4O. The maximum Gasteiger partial charge on any atom is 0.228 e. The van der Waals surface area contributed by atoms with Crippen molar-refractivity contribution in [1.82, 2.24) is 9.78 Å². The molecule has 0 saturated carbocycles. The average Bonchev–Trinajstić information content (AvgIpc) is 3.03. The molecule has 0 atom stereocenters. The third-order valence-corrected chi connectivity index (χ3v) is 4.29. The van der Waals surface area contributed by atoms with E-state index in [9.17, 15) is 4.79 Å². The molecular weight excluding hydrogens is 324 g/mol. The Kier molecular flexibility index (Phi) is 5.14. The molecule has 2 aromatic carbocycles. The summed E-state index contributed by atoms with van der Waals surface area (Å²) in [6.07, 6.45) is 2.96. The highest BCUT2D eigenvalue weighted by Crippen LogP contribution is 2.16. The molecule has 0 spiro atoms. The van der Waals surface area contributed by atoms with Crippen molar-refractivity contribution in [2.24, 2.45) is 0 Å². The van der Waals surface area contributed by atoms with Crippen LogP contribution in [0.25, 0.3) is 5.69 Å². The molecule has 0 aliphatic rings. The van der Waals surface area contributed by atoms with E-state index in [-0.39, 0.29) is 5.91 Å². The minimum Gasteiger partial charge on any atom is -0.326 e. The highest BCUT2D eigenvalue weighted by molar-refractivity contribution is 5.92. The summed E-state index contributed by atoms with van der Waals surface area (Å²) in [6.45, 7) is 3.89. The van der Waals surface area contributed by atoms with Crippen molar-refractivity contribution < 1.29 is 4.79 Å². The van der Waals surface area contributed by atoms with Gasteiger partial charge in [0.25, 0.3) is 0 Å². The van der Waals surface area contributed by atoms with Crippen molar-refractivity contribution >= 4 is 11.6 Å². The molecule has 0 aliphatic heterocycles. The van der Waals surface area contributed by atoms with Crippen LogP contribution >= 0.6 is 0 Å². The van der Waals surface area contributed by atoms with Gasteiger partial charge in [-0.15, -0.1) is 0 Å². The number of nitriles is 1. The maximum absolute atomic E-state index is 12.3. The van der Waals surface area contributed by atoms with E-state index >= 15 is 0 Å². The molecule has 5 heteroatoms. The maximum atomic E-state index is 12.3. The van der Waals surface area contributed by atoms with Crippen molar-refractivity contribution in [2.75, 3.05) is 5.32 Å². The fourth-order valence-corrected chi connectivity index (χ4v) is 2.85. The van der Waals surface area contributed by atoms with Gasteiger partial charge in [0.15, 0.2) is 0 Å². The van der Waals surface area contributed by atoms with Gasteiger partial charge in [0.2, 0.25) is 5.91 Å². The highest BCUT2D eigenvalue weighted by atomic mass is 16.1. The quantitative estimate of drug-likeness (QED) is 0.765. The van der Waals surface area contributed by atoms with Gasteiger partial charge in [0, 0.05) is 11.9 Å². The Morgan fingerprint density at radius 3 is 2.46 bits per heavy atom. The number of rotatable bonds is 5. The molecule has 0 fully saturated rings. The van der Waals surface area contributed by atoms with Crippen molar-refractivity contribution in [2.45, 2.75) is 26.7 Å². The molecule has 0 bridgehead atoms. The molecule has 0 saturated heterocycles. The molecule has 1 N–H and O–H groups in total. The van der Waals surface area contributed by atoms with E-state index in [1.807, 2.05) is 42.5 Å². The molecule has 1 heterocycles. The molecule has 1 aromatic heterocycles. The van der Waals surface area contributed by atoms with Crippen LogP contribution < -0.4 is 5.32 Å². The molecule has 1 amide bonds. The lowest BCUT2D eigenvalue weighted by Crippen LogP contribution is -2.15. The van der Waals surface area contributed by atoms with Crippen molar-refractivity contribution in [1.29, 1.82) is 5.26 Å². The normalized spacial score (nSPS) is 10.3. The summed E-state index contributed by atoms with van der Waals surface area (Å²) in [5.74, 6) is -0.0413. The van der Waals surface area contributed by atoms with Crippen LogP contribution in [0.5, 0.6) is 0 Å². The van der Waals surface area contributed by atoms with Gasteiger partial charge >= 0.3 is 0 Å². The van der Waals surface area contributed by atoms with Crippen molar-refractivity contribution in [3.05, 3.63) is 77.1 Å². The number of hydrogen-bond acceptors (Lipinski definition) is 3. The fourth-order valence-electron chi connectivity index (χ4n) is 2.85. The number of amides is 1. The summed E-state index contributed by atoms with van der Waals surface area (Å²) in [5.41, 5.74) is 5.07. The molecule has 5 nitrogen and oxygen atoms in total. The lowest BCUT2D eigenvalue weighted by molar-refractivity contribution is -0.115. The van der Waals surface area contributed by atoms with Crippen LogP contribution in [0, 0.1) is 18.3 Å². The number of carbonyl (C=O) groups is 1. The van der Waals surface area contributed by atoms with Crippen LogP contribution in [0.15, 0.2) is 54.7 Å². The third-order valence-electron chi connectivity index (χ3n) is 4.29. The van der Waals surface area contributed by atoms with Crippen LogP contribution in [0.4, 0.5) is 5.69 Å². The smallest absolute Gasteiger partial charge is 0.228 e. The van der Waals surface area contributed by atoms with Gasteiger partial charge in [-0.05, 0) is 48.7 Å². The van der Waals surface area contributed by atoms with E-state index in [0.29, 0.717) is 17.7 Å².